The zero-order valence-corrected chi connectivity index (χ0v) is 6.62. The Balaban J connectivity index is 2.39. The number of likely N-dealkylation sites (tertiary alicyclic amines) is 1. The Morgan fingerprint density at radius 2 is 2.45 bits per heavy atom. The van der Waals surface area contributed by atoms with Crippen LogP contribution in [-0.2, 0) is 4.74 Å². The van der Waals surface area contributed by atoms with E-state index in [1.165, 1.54) is 12.0 Å². The topological polar surface area (TPSA) is 49.8 Å². The molecule has 1 saturated heterocycles. The van der Waals surface area contributed by atoms with Gasteiger partial charge in [-0.1, -0.05) is 0 Å². The molecule has 1 unspecified atom stereocenters. The predicted octanol–water partition coefficient (Wildman–Crippen LogP) is 0.209. The van der Waals surface area contributed by atoms with Gasteiger partial charge in [0.1, 0.15) is 0 Å². The van der Waals surface area contributed by atoms with Gasteiger partial charge in [0.05, 0.1) is 13.2 Å². The lowest BCUT2D eigenvalue weighted by atomic mass is 10.1. The monoisotopic (exact) mass is 159 g/mol. The van der Waals surface area contributed by atoms with Crippen LogP contribution in [0.3, 0.4) is 0 Å². The van der Waals surface area contributed by atoms with Gasteiger partial charge >= 0.3 is 6.09 Å². The molecule has 1 amide bonds. The van der Waals surface area contributed by atoms with Crippen molar-refractivity contribution in [3.63, 3.8) is 0 Å². The van der Waals surface area contributed by atoms with E-state index in [1.807, 2.05) is 0 Å². The summed E-state index contributed by atoms with van der Waals surface area (Å²) in [5, 5.41) is 9.17. The molecule has 0 aromatic heterocycles. The summed E-state index contributed by atoms with van der Waals surface area (Å²) < 4.78 is 4.51. The molecule has 1 heterocycles. The molecule has 64 valence electrons. The van der Waals surface area contributed by atoms with Crippen molar-refractivity contribution in [3.05, 3.63) is 0 Å². The SMILES string of the molecule is COC(=O)N1CCCC(O)C1. The molecule has 0 aromatic rings. The highest BCUT2D eigenvalue weighted by molar-refractivity contribution is 5.67. The van der Waals surface area contributed by atoms with E-state index in [1.54, 1.807) is 0 Å². The molecule has 1 N–H and O–H groups in total. The molecule has 11 heavy (non-hydrogen) atoms. The highest BCUT2D eigenvalue weighted by Gasteiger charge is 2.21. The minimum absolute atomic E-state index is 0.344. The first-order valence-electron chi connectivity index (χ1n) is 3.75. The first-order valence-corrected chi connectivity index (χ1v) is 3.75. The van der Waals surface area contributed by atoms with Gasteiger partial charge in [-0.15, -0.1) is 0 Å². The minimum atomic E-state index is -0.372. The Hall–Kier alpha value is -0.770. The smallest absolute Gasteiger partial charge is 0.409 e. The molecule has 1 fully saturated rings. The molecule has 4 heteroatoms. The molecule has 1 aliphatic rings. The van der Waals surface area contributed by atoms with E-state index < -0.39 is 0 Å². The number of rotatable bonds is 0. The Bertz CT molecular complexity index is 149. The second-order valence-electron chi connectivity index (χ2n) is 2.71. The van der Waals surface area contributed by atoms with Gasteiger partial charge in [0.15, 0.2) is 0 Å². The quantitative estimate of drug-likeness (QED) is 0.549. The van der Waals surface area contributed by atoms with E-state index in [2.05, 4.69) is 4.74 Å². The van der Waals surface area contributed by atoms with Crippen molar-refractivity contribution in [2.45, 2.75) is 18.9 Å². The molecular formula is C7H13NO3. The summed E-state index contributed by atoms with van der Waals surface area (Å²) in [4.78, 5) is 12.4. The number of piperidine rings is 1. The van der Waals surface area contributed by atoms with Gasteiger partial charge in [-0.05, 0) is 12.8 Å². The third kappa shape index (κ3) is 2.08. The van der Waals surface area contributed by atoms with E-state index in [-0.39, 0.29) is 12.2 Å². The van der Waals surface area contributed by atoms with Crippen LogP contribution in [0, 0.1) is 0 Å². The number of carbonyl (C=O) groups excluding carboxylic acids is 1. The summed E-state index contributed by atoms with van der Waals surface area (Å²) in [5.74, 6) is 0. The number of nitrogens with zero attached hydrogens (tertiary/aromatic N) is 1. The van der Waals surface area contributed by atoms with Crippen molar-refractivity contribution >= 4 is 6.09 Å². The van der Waals surface area contributed by atoms with Gasteiger partial charge in [0, 0.05) is 13.1 Å². The van der Waals surface area contributed by atoms with Crippen molar-refractivity contribution in [2.75, 3.05) is 20.2 Å². The molecule has 0 bridgehead atoms. The average Bonchev–Trinajstić information content (AvgIpc) is 2.03. The molecule has 4 nitrogen and oxygen atoms in total. The first kappa shape index (κ1) is 8.33. The number of methoxy groups -OCH3 is 1. The predicted molar refractivity (Wildman–Crippen MR) is 39.2 cm³/mol. The number of hydrogen-bond donors (Lipinski definition) is 1. The summed E-state index contributed by atoms with van der Waals surface area (Å²) in [6.45, 7) is 1.11. The molecule has 1 atom stereocenters. The van der Waals surface area contributed by atoms with E-state index in [9.17, 15) is 9.90 Å². The van der Waals surface area contributed by atoms with E-state index in [0.29, 0.717) is 13.1 Å². The summed E-state index contributed by atoms with van der Waals surface area (Å²) in [6.07, 6.45) is 0.927. The summed E-state index contributed by atoms with van der Waals surface area (Å²) in [7, 11) is 1.35. The molecule has 0 saturated carbocycles. The van der Waals surface area contributed by atoms with Crippen LogP contribution in [0.2, 0.25) is 0 Å². The third-order valence-corrected chi connectivity index (χ3v) is 1.83. The Kier molecular flexibility index (Phi) is 2.70. The summed E-state index contributed by atoms with van der Waals surface area (Å²) in [6, 6.07) is 0. The molecule has 0 aliphatic carbocycles. The van der Waals surface area contributed by atoms with E-state index in [4.69, 9.17) is 0 Å². The van der Waals surface area contributed by atoms with Gasteiger partial charge in [-0.25, -0.2) is 4.79 Å². The van der Waals surface area contributed by atoms with Crippen molar-refractivity contribution in [1.82, 2.24) is 4.90 Å². The highest BCUT2D eigenvalue weighted by atomic mass is 16.5. The number of carbonyl (C=O) groups is 1. The standard InChI is InChI=1S/C7H13NO3/c1-11-7(10)8-4-2-3-6(9)5-8/h6,9H,2-5H2,1H3. The van der Waals surface area contributed by atoms with Crippen LogP contribution in [0.5, 0.6) is 0 Å². The lowest BCUT2D eigenvalue weighted by Crippen LogP contribution is -2.42. The van der Waals surface area contributed by atoms with Crippen LogP contribution in [0.4, 0.5) is 4.79 Å². The number of ether oxygens (including phenoxy) is 1. The molecule has 0 radical (unpaired) electrons. The Labute approximate surface area is 65.8 Å². The Morgan fingerprint density at radius 1 is 1.73 bits per heavy atom. The maximum atomic E-state index is 10.9. The van der Waals surface area contributed by atoms with Gasteiger partial charge in [-0.2, -0.15) is 0 Å². The normalized spacial score (nSPS) is 24.9. The Morgan fingerprint density at radius 3 is 3.00 bits per heavy atom. The fourth-order valence-corrected chi connectivity index (χ4v) is 1.25. The number of aliphatic hydroxyl groups is 1. The highest BCUT2D eigenvalue weighted by Crippen LogP contribution is 2.10. The molecule has 0 aromatic carbocycles. The van der Waals surface area contributed by atoms with Crippen LogP contribution < -0.4 is 0 Å². The van der Waals surface area contributed by atoms with Crippen molar-refractivity contribution in [3.8, 4) is 0 Å². The lowest BCUT2D eigenvalue weighted by molar-refractivity contribution is 0.0580. The maximum absolute atomic E-state index is 10.9. The summed E-state index contributed by atoms with van der Waals surface area (Å²) in [5.41, 5.74) is 0. The largest absolute Gasteiger partial charge is 0.453 e. The van der Waals surface area contributed by atoms with Crippen LogP contribution in [-0.4, -0.2) is 42.4 Å². The zero-order valence-electron chi connectivity index (χ0n) is 6.62. The second kappa shape index (κ2) is 3.57. The minimum Gasteiger partial charge on any atom is -0.453 e. The van der Waals surface area contributed by atoms with Crippen LogP contribution >= 0.6 is 0 Å². The van der Waals surface area contributed by atoms with Crippen molar-refractivity contribution in [2.24, 2.45) is 0 Å². The van der Waals surface area contributed by atoms with Crippen LogP contribution in [0.25, 0.3) is 0 Å². The van der Waals surface area contributed by atoms with Crippen LogP contribution in [0.1, 0.15) is 12.8 Å². The second-order valence-corrected chi connectivity index (χ2v) is 2.71. The van der Waals surface area contributed by atoms with Crippen molar-refractivity contribution < 1.29 is 14.6 Å². The van der Waals surface area contributed by atoms with Gasteiger partial charge in [0.2, 0.25) is 0 Å². The third-order valence-electron chi connectivity index (χ3n) is 1.83. The van der Waals surface area contributed by atoms with Gasteiger partial charge in [0.25, 0.3) is 0 Å². The number of hydrogen-bond acceptors (Lipinski definition) is 3. The van der Waals surface area contributed by atoms with Crippen molar-refractivity contribution in [1.29, 1.82) is 0 Å². The van der Waals surface area contributed by atoms with Gasteiger partial charge in [-0.3, -0.25) is 0 Å². The van der Waals surface area contributed by atoms with Crippen LogP contribution in [0.15, 0.2) is 0 Å². The van der Waals surface area contributed by atoms with E-state index in [0.717, 1.165) is 12.8 Å². The number of β-amino-alcohol motifs (C(OH)–C–C–N with tert-alkyl or cyclic N) is 1. The maximum Gasteiger partial charge on any atom is 0.409 e. The fourth-order valence-electron chi connectivity index (χ4n) is 1.25. The lowest BCUT2D eigenvalue weighted by Gasteiger charge is -2.28. The summed E-state index contributed by atoms with van der Waals surface area (Å²) >= 11 is 0. The van der Waals surface area contributed by atoms with E-state index >= 15 is 0 Å². The van der Waals surface area contributed by atoms with Gasteiger partial charge < -0.3 is 14.7 Å². The number of amides is 1. The first-order chi connectivity index (χ1) is 5.24. The number of aliphatic hydroxyl groups excluding tert-OH is 1. The zero-order chi connectivity index (χ0) is 8.27. The molecule has 0 spiro atoms. The molecule has 1 aliphatic heterocycles. The average molecular weight is 159 g/mol. The molecular weight excluding hydrogens is 146 g/mol. The molecule has 1 rings (SSSR count). The fraction of sp³-hybridized carbons (Fsp3) is 0.857.